The lowest BCUT2D eigenvalue weighted by Crippen LogP contribution is -2.40. The van der Waals surface area contributed by atoms with Crippen LogP contribution in [0.25, 0.3) is 0 Å². The summed E-state index contributed by atoms with van der Waals surface area (Å²) in [7, 11) is 0. The molecule has 0 saturated heterocycles. The largest absolute Gasteiger partial charge is 0.383 e. The van der Waals surface area contributed by atoms with Gasteiger partial charge in [-0.3, -0.25) is 0 Å². The predicted octanol–water partition coefficient (Wildman–Crippen LogP) is 0.100. The van der Waals surface area contributed by atoms with Crippen LogP contribution in [0.4, 0.5) is 0 Å². The fourth-order valence-corrected chi connectivity index (χ4v) is 1.06. The van der Waals surface area contributed by atoms with Gasteiger partial charge in [-0.05, 0) is 18.1 Å². The monoisotopic (exact) mass is 168 g/mol. The molecule has 1 aliphatic carbocycles. The summed E-state index contributed by atoms with van der Waals surface area (Å²) in [5, 5.41) is 27.4. The Bertz CT molecular complexity index is 238. The molecule has 0 saturated carbocycles. The van der Waals surface area contributed by atoms with Crippen LogP contribution in [0.1, 0.15) is 6.42 Å². The lowest BCUT2D eigenvalue weighted by molar-refractivity contribution is -0.174. The van der Waals surface area contributed by atoms with Crippen molar-refractivity contribution in [3.8, 4) is 0 Å². The second kappa shape index (κ2) is 3.23. The van der Waals surface area contributed by atoms with Crippen molar-refractivity contribution < 1.29 is 15.3 Å². The highest BCUT2D eigenvalue weighted by molar-refractivity contribution is 5.30. The van der Waals surface area contributed by atoms with Crippen molar-refractivity contribution in [2.75, 3.05) is 0 Å². The van der Waals surface area contributed by atoms with E-state index in [1.54, 1.807) is 12.2 Å². The lowest BCUT2D eigenvalue weighted by atomic mass is 9.97. The molecule has 1 aliphatic rings. The highest BCUT2D eigenvalue weighted by atomic mass is 16.5. The van der Waals surface area contributed by atoms with Gasteiger partial charge in [-0.15, -0.1) is 6.58 Å². The number of hydrogen-bond donors (Lipinski definition) is 3. The summed E-state index contributed by atoms with van der Waals surface area (Å²) in [6, 6.07) is 0. The first-order valence-electron chi connectivity index (χ1n) is 3.70. The Labute approximate surface area is 71.0 Å². The molecule has 3 N–H and O–H groups in total. The Kier molecular flexibility index (Phi) is 2.47. The molecule has 66 valence electrons. The minimum absolute atomic E-state index is 0.562. The Hall–Kier alpha value is -0.900. The van der Waals surface area contributed by atoms with Crippen LogP contribution < -0.4 is 0 Å². The van der Waals surface area contributed by atoms with Crippen molar-refractivity contribution in [1.82, 2.24) is 0 Å². The molecule has 3 nitrogen and oxygen atoms in total. The summed E-state index contributed by atoms with van der Waals surface area (Å²) in [5.41, 5.74) is 0.736. The van der Waals surface area contributed by atoms with Gasteiger partial charge in [0.05, 0.1) is 0 Å². The quantitative estimate of drug-likeness (QED) is 0.405. The van der Waals surface area contributed by atoms with Gasteiger partial charge in [0.25, 0.3) is 0 Å². The zero-order chi connectivity index (χ0) is 9.19. The van der Waals surface area contributed by atoms with E-state index in [0.29, 0.717) is 6.42 Å². The van der Waals surface area contributed by atoms with Crippen LogP contribution in [-0.2, 0) is 0 Å². The van der Waals surface area contributed by atoms with Crippen LogP contribution in [-0.4, -0.2) is 27.2 Å². The summed E-state index contributed by atoms with van der Waals surface area (Å²) in [5.74, 6) is -2.13. The molecule has 0 heterocycles. The Morgan fingerprint density at radius 3 is 2.75 bits per heavy atom. The van der Waals surface area contributed by atoms with E-state index in [1.807, 2.05) is 0 Å². The normalized spacial score (nSPS) is 26.6. The summed E-state index contributed by atoms with van der Waals surface area (Å²) < 4.78 is 0. The molecule has 0 fully saturated rings. The molecule has 0 amide bonds. The molecule has 0 aromatic carbocycles. The summed E-state index contributed by atoms with van der Waals surface area (Å²) in [6.45, 7) is 3.52. The highest BCUT2D eigenvalue weighted by Crippen LogP contribution is 2.20. The molecule has 12 heavy (non-hydrogen) atoms. The van der Waals surface area contributed by atoms with E-state index in [2.05, 4.69) is 6.58 Å². The topological polar surface area (TPSA) is 60.7 Å². The first kappa shape index (κ1) is 9.19. The zero-order valence-electron chi connectivity index (χ0n) is 6.64. The van der Waals surface area contributed by atoms with Crippen molar-refractivity contribution in [3.63, 3.8) is 0 Å². The Morgan fingerprint density at radius 2 is 2.25 bits per heavy atom. The standard InChI is InChI=1S/C9H12O3/c1-2-3-7-4-5-8(10)9(11,12)6-7/h2,4-6,8,10-12H,1,3H2. The fourth-order valence-electron chi connectivity index (χ4n) is 1.06. The van der Waals surface area contributed by atoms with Gasteiger partial charge < -0.3 is 15.3 Å². The first-order valence-corrected chi connectivity index (χ1v) is 3.70. The highest BCUT2D eigenvalue weighted by Gasteiger charge is 2.31. The third-order valence-electron chi connectivity index (χ3n) is 1.71. The molecule has 0 spiro atoms. The van der Waals surface area contributed by atoms with Gasteiger partial charge in [0, 0.05) is 0 Å². The van der Waals surface area contributed by atoms with Crippen molar-refractivity contribution in [1.29, 1.82) is 0 Å². The van der Waals surface area contributed by atoms with Crippen LogP contribution in [0.5, 0.6) is 0 Å². The average molecular weight is 168 g/mol. The molecule has 0 aliphatic heterocycles. The molecule has 0 radical (unpaired) electrons. The van der Waals surface area contributed by atoms with E-state index in [9.17, 15) is 10.2 Å². The zero-order valence-corrected chi connectivity index (χ0v) is 6.64. The van der Waals surface area contributed by atoms with Crippen LogP contribution in [0.15, 0.2) is 36.5 Å². The van der Waals surface area contributed by atoms with Gasteiger partial charge in [-0.2, -0.15) is 0 Å². The summed E-state index contributed by atoms with van der Waals surface area (Å²) in [6.07, 6.45) is 5.19. The van der Waals surface area contributed by atoms with E-state index in [4.69, 9.17) is 5.11 Å². The molecular formula is C9H12O3. The molecular weight excluding hydrogens is 156 g/mol. The van der Waals surface area contributed by atoms with Gasteiger partial charge >= 0.3 is 0 Å². The average Bonchev–Trinajstić information content (AvgIpc) is 1.97. The third-order valence-corrected chi connectivity index (χ3v) is 1.71. The van der Waals surface area contributed by atoms with Crippen molar-refractivity contribution in [3.05, 3.63) is 36.5 Å². The van der Waals surface area contributed by atoms with Gasteiger partial charge in [0.1, 0.15) is 6.10 Å². The van der Waals surface area contributed by atoms with E-state index in [-0.39, 0.29) is 0 Å². The molecule has 0 aromatic heterocycles. The fraction of sp³-hybridized carbons (Fsp3) is 0.333. The number of rotatable bonds is 2. The maximum atomic E-state index is 9.18. The van der Waals surface area contributed by atoms with E-state index >= 15 is 0 Å². The molecule has 3 heteroatoms. The number of hydrogen-bond acceptors (Lipinski definition) is 3. The molecule has 0 bridgehead atoms. The first-order chi connectivity index (χ1) is 5.56. The van der Waals surface area contributed by atoms with E-state index in [1.165, 1.54) is 12.2 Å². The van der Waals surface area contributed by atoms with Crippen molar-refractivity contribution in [2.24, 2.45) is 0 Å². The number of allylic oxidation sites excluding steroid dienone is 3. The van der Waals surface area contributed by atoms with Gasteiger partial charge in [0.2, 0.25) is 5.79 Å². The van der Waals surface area contributed by atoms with Crippen LogP contribution in [0.2, 0.25) is 0 Å². The maximum absolute atomic E-state index is 9.18. The van der Waals surface area contributed by atoms with Crippen molar-refractivity contribution >= 4 is 0 Å². The molecule has 1 unspecified atom stereocenters. The second-order valence-electron chi connectivity index (χ2n) is 2.80. The number of aliphatic hydroxyl groups excluding tert-OH is 1. The Balaban J connectivity index is 2.81. The Morgan fingerprint density at radius 1 is 1.58 bits per heavy atom. The molecule has 1 rings (SSSR count). The minimum Gasteiger partial charge on any atom is -0.383 e. The van der Waals surface area contributed by atoms with E-state index < -0.39 is 11.9 Å². The van der Waals surface area contributed by atoms with Crippen LogP contribution in [0.3, 0.4) is 0 Å². The van der Waals surface area contributed by atoms with Crippen LogP contribution in [0, 0.1) is 0 Å². The molecule has 0 aromatic rings. The lowest BCUT2D eigenvalue weighted by Gasteiger charge is -2.25. The van der Waals surface area contributed by atoms with Crippen molar-refractivity contribution in [2.45, 2.75) is 18.3 Å². The van der Waals surface area contributed by atoms with Crippen LogP contribution >= 0.6 is 0 Å². The minimum atomic E-state index is -2.13. The maximum Gasteiger partial charge on any atom is 0.214 e. The molecule has 1 atom stereocenters. The van der Waals surface area contributed by atoms with E-state index in [0.717, 1.165) is 5.57 Å². The number of aliphatic hydroxyl groups is 3. The SMILES string of the molecule is C=CCC1=CC(O)(O)C(O)C=C1. The second-order valence-corrected chi connectivity index (χ2v) is 2.80. The van der Waals surface area contributed by atoms with Gasteiger partial charge in [-0.25, -0.2) is 0 Å². The smallest absolute Gasteiger partial charge is 0.214 e. The predicted molar refractivity (Wildman–Crippen MR) is 45.2 cm³/mol. The summed E-state index contributed by atoms with van der Waals surface area (Å²) in [4.78, 5) is 0. The summed E-state index contributed by atoms with van der Waals surface area (Å²) >= 11 is 0. The van der Waals surface area contributed by atoms with Gasteiger partial charge in [-0.1, -0.05) is 18.2 Å². The third kappa shape index (κ3) is 1.82. The van der Waals surface area contributed by atoms with Gasteiger partial charge in [0.15, 0.2) is 0 Å².